The standard InChI is InChI=1S/C41H41NO7/c1-3-31-23-30(25-42-31)29-11-7-10-27(22-29)13-19-34-38(46)41(47-2)40(48-21-20-33(44)16-12-26-8-5-4-6-9-26)37-35(45)24-36(49-39(34)37)28-14-17-32(43)18-15-28/h4-12,14-18,22-23,25,33,36,42-44,46H,3,13,19-21,24H2,1-2H3/b16-12+/t33-,36?/m0/s1. The molecule has 0 amide bonds. The van der Waals surface area contributed by atoms with Gasteiger partial charge in [0, 0.05) is 23.9 Å². The zero-order chi connectivity index (χ0) is 34.3. The first-order chi connectivity index (χ1) is 23.8. The number of carbonyl (C=O) groups is 1. The molecule has 0 aliphatic carbocycles. The first kappa shape index (κ1) is 33.4. The molecule has 0 fully saturated rings. The highest BCUT2D eigenvalue weighted by molar-refractivity contribution is 6.04. The molecule has 0 spiro atoms. The number of aliphatic hydroxyl groups excluding tert-OH is 1. The van der Waals surface area contributed by atoms with Crippen LogP contribution in [-0.4, -0.2) is 45.9 Å². The number of aliphatic hydroxyl groups is 1. The summed E-state index contributed by atoms with van der Waals surface area (Å²) in [5, 5.41) is 32.1. The van der Waals surface area contributed by atoms with Crippen LogP contribution in [0, 0.1) is 0 Å². The quantitative estimate of drug-likeness (QED) is 0.101. The summed E-state index contributed by atoms with van der Waals surface area (Å²) in [5.41, 5.74) is 6.75. The molecule has 1 aliphatic rings. The van der Waals surface area contributed by atoms with Gasteiger partial charge in [0.05, 0.1) is 26.2 Å². The van der Waals surface area contributed by atoms with Crippen molar-refractivity contribution in [3.63, 3.8) is 0 Å². The number of carbonyl (C=O) groups excluding carboxylic acids is 1. The third kappa shape index (κ3) is 7.66. The number of phenols is 2. The summed E-state index contributed by atoms with van der Waals surface area (Å²) in [7, 11) is 1.42. The van der Waals surface area contributed by atoms with E-state index in [9.17, 15) is 20.1 Å². The molecule has 49 heavy (non-hydrogen) atoms. The molecule has 0 saturated heterocycles. The lowest BCUT2D eigenvalue weighted by Gasteiger charge is -2.30. The maximum Gasteiger partial charge on any atom is 0.204 e. The second-order valence-electron chi connectivity index (χ2n) is 12.2. The van der Waals surface area contributed by atoms with Gasteiger partial charge in [-0.05, 0) is 65.3 Å². The maximum absolute atomic E-state index is 13.9. The molecule has 252 valence electrons. The molecule has 2 heterocycles. The first-order valence-corrected chi connectivity index (χ1v) is 16.6. The number of nitrogens with one attached hydrogen (secondary N) is 1. The Morgan fingerprint density at radius 1 is 0.959 bits per heavy atom. The number of aromatic hydroxyl groups is 2. The van der Waals surface area contributed by atoms with Crippen molar-refractivity contribution in [1.29, 1.82) is 0 Å². The highest BCUT2D eigenvalue weighted by Gasteiger charge is 2.37. The summed E-state index contributed by atoms with van der Waals surface area (Å²) in [6.45, 7) is 2.17. The molecule has 8 nitrogen and oxygen atoms in total. The number of methoxy groups -OCH3 is 1. The van der Waals surface area contributed by atoms with Crippen molar-refractivity contribution in [3.05, 3.63) is 131 Å². The van der Waals surface area contributed by atoms with Crippen LogP contribution in [0.3, 0.4) is 0 Å². The van der Waals surface area contributed by atoms with E-state index >= 15 is 0 Å². The smallest absolute Gasteiger partial charge is 0.204 e. The van der Waals surface area contributed by atoms with Crippen molar-refractivity contribution in [2.75, 3.05) is 13.7 Å². The number of Topliss-reactive ketones (excluding diaryl/α,β-unsaturated/α-hetero) is 1. The zero-order valence-corrected chi connectivity index (χ0v) is 27.7. The normalized spacial score (nSPS) is 14.8. The second kappa shape index (κ2) is 15.2. The molecule has 0 radical (unpaired) electrons. The SMILES string of the molecule is CCc1cc(-c2cccc(CCc3c(O)c(OC)c(OCC[C@@H](O)/C=C/c4ccccc4)c4c3OC(c3ccc(O)cc3)CC4=O)c2)c[nH]1. The van der Waals surface area contributed by atoms with Crippen molar-refractivity contribution in [2.45, 2.75) is 51.2 Å². The van der Waals surface area contributed by atoms with Gasteiger partial charge in [0.15, 0.2) is 17.3 Å². The summed E-state index contributed by atoms with van der Waals surface area (Å²) < 4.78 is 18.3. The Hall–Kier alpha value is -5.47. The zero-order valence-electron chi connectivity index (χ0n) is 27.7. The number of aryl methyl sites for hydroxylation is 2. The molecule has 0 bridgehead atoms. The average Bonchev–Trinajstić information content (AvgIpc) is 3.61. The molecule has 5 aromatic rings. The third-order valence-corrected chi connectivity index (χ3v) is 8.83. The highest BCUT2D eigenvalue weighted by Crippen LogP contribution is 2.52. The van der Waals surface area contributed by atoms with Gasteiger partial charge in [0.2, 0.25) is 5.75 Å². The Kier molecular flexibility index (Phi) is 10.4. The number of fused-ring (bicyclic) bond motifs is 1. The lowest BCUT2D eigenvalue weighted by Crippen LogP contribution is -2.23. The number of benzene rings is 4. The summed E-state index contributed by atoms with van der Waals surface area (Å²) >= 11 is 0. The van der Waals surface area contributed by atoms with Gasteiger partial charge in [-0.2, -0.15) is 0 Å². The molecule has 6 rings (SSSR count). The minimum Gasteiger partial charge on any atom is -0.508 e. The van der Waals surface area contributed by atoms with E-state index in [0.717, 1.165) is 39.9 Å². The minimum atomic E-state index is -0.795. The Bertz CT molecular complexity index is 1930. The Balaban J connectivity index is 1.30. The van der Waals surface area contributed by atoms with Crippen LogP contribution in [0.2, 0.25) is 0 Å². The van der Waals surface area contributed by atoms with Gasteiger partial charge < -0.3 is 34.5 Å². The number of aromatic nitrogens is 1. The van der Waals surface area contributed by atoms with Gasteiger partial charge in [-0.15, -0.1) is 0 Å². The Morgan fingerprint density at radius 3 is 2.49 bits per heavy atom. The van der Waals surface area contributed by atoms with Crippen molar-refractivity contribution < 1.29 is 34.3 Å². The van der Waals surface area contributed by atoms with E-state index in [4.69, 9.17) is 14.2 Å². The number of ether oxygens (including phenoxy) is 3. The predicted octanol–water partition coefficient (Wildman–Crippen LogP) is 8.00. The van der Waals surface area contributed by atoms with Gasteiger partial charge in [-0.3, -0.25) is 4.79 Å². The fourth-order valence-corrected chi connectivity index (χ4v) is 6.14. The van der Waals surface area contributed by atoms with Crippen LogP contribution in [0.4, 0.5) is 0 Å². The summed E-state index contributed by atoms with van der Waals surface area (Å²) in [4.78, 5) is 17.2. The van der Waals surface area contributed by atoms with Gasteiger partial charge in [0.25, 0.3) is 0 Å². The summed E-state index contributed by atoms with van der Waals surface area (Å²) in [5.74, 6) is 0.124. The molecular formula is C41H41NO7. The van der Waals surface area contributed by atoms with E-state index in [0.29, 0.717) is 18.4 Å². The van der Waals surface area contributed by atoms with Crippen LogP contribution in [0.25, 0.3) is 17.2 Å². The molecule has 1 aromatic heterocycles. The molecular weight excluding hydrogens is 618 g/mol. The number of phenolic OH excluding ortho intramolecular Hbond substituents is 2. The van der Waals surface area contributed by atoms with Crippen LogP contribution in [0.1, 0.15) is 64.2 Å². The molecule has 2 atom stereocenters. The van der Waals surface area contributed by atoms with E-state index in [1.54, 1.807) is 30.3 Å². The van der Waals surface area contributed by atoms with Crippen LogP contribution in [0.15, 0.2) is 97.2 Å². The van der Waals surface area contributed by atoms with Crippen LogP contribution >= 0.6 is 0 Å². The average molecular weight is 660 g/mol. The second-order valence-corrected chi connectivity index (χ2v) is 12.2. The van der Waals surface area contributed by atoms with E-state index in [1.165, 1.54) is 7.11 Å². The van der Waals surface area contributed by atoms with Crippen LogP contribution in [-0.2, 0) is 19.3 Å². The summed E-state index contributed by atoms with van der Waals surface area (Å²) in [6.07, 6.45) is 6.22. The number of rotatable bonds is 13. The van der Waals surface area contributed by atoms with Gasteiger partial charge in [-0.1, -0.05) is 85.8 Å². The number of ketones is 1. The number of hydrogen-bond acceptors (Lipinski definition) is 7. The number of aromatic amines is 1. The lowest BCUT2D eigenvalue weighted by molar-refractivity contribution is 0.0836. The van der Waals surface area contributed by atoms with Gasteiger partial charge in [-0.25, -0.2) is 0 Å². The fourth-order valence-electron chi connectivity index (χ4n) is 6.14. The molecule has 1 unspecified atom stereocenters. The van der Waals surface area contributed by atoms with Gasteiger partial charge in [0.1, 0.15) is 23.2 Å². The predicted molar refractivity (Wildman–Crippen MR) is 190 cm³/mol. The minimum absolute atomic E-state index is 0.0302. The molecule has 4 aromatic carbocycles. The fraction of sp³-hybridized carbons (Fsp3) is 0.244. The number of H-pyrrole nitrogens is 1. The van der Waals surface area contributed by atoms with E-state index in [-0.39, 0.29) is 59.5 Å². The lowest BCUT2D eigenvalue weighted by atomic mass is 9.90. The van der Waals surface area contributed by atoms with Crippen LogP contribution < -0.4 is 14.2 Å². The molecule has 8 heteroatoms. The van der Waals surface area contributed by atoms with E-state index in [1.807, 2.05) is 54.7 Å². The highest BCUT2D eigenvalue weighted by atomic mass is 16.5. The van der Waals surface area contributed by atoms with E-state index < -0.39 is 12.2 Å². The Labute approximate surface area is 286 Å². The van der Waals surface area contributed by atoms with E-state index in [2.05, 4.69) is 30.1 Å². The van der Waals surface area contributed by atoms with Crippen molar-refractivity contribution in [1.82, 2.24) is 4.98 Å². The Morgan fingerprint density at radius 2 is 1.76 bits per heavy atom. The monoisotopic (exact) mass is 659 g/mol. The number of hydrogen-bond donors (Lipinski definition) is 4. The topological polar surface area (TPSA) is 121 Å². The molecule has 1 aliphatic heterocycles. The largest absolute Gasteiger partial charge is 0.508 e. The van der Waals surface area contributed by atoms with Crippen LogP contribution in [0.5, 0.6) is 28.7 Å². The van der Waals surface area contributed by atoms with Crippen molar-refractivity contribution in [3.8, 4) is 39.9 Å². The summed E-state index contributed by atoms with van der Waals surface area (Å²) in [6, 6.07) is 26.6. The van der Waals surface area contributed by atoms with Crippen molar-refractivity contribution in [2.24, 2.45) is 0 Å². The molecule has 0 saturated carbocycles. The first-order valence-electron chi connectivity index (χ1n) is 16.6. The van der Waals surface area contributed by atoms with Crippen molar-refractivity contribution >= 4 is 11.9 Å². The third-order valence-electron chi connectivity index (χ3n) is 8.83. The van der Waals surface area contributed by atoms with Gasteiger partial charge >= 0.3 is 0 Å². The molecule has 4 N–H and O–H groups in total. The maximum atomic E-state index is 13.9.